The Balaban J connectivity index is 0.000000208. The topological polar surface area (TPSA) is 226 Å². The molecule has 4 aliphatic heterocycles. The zero-order valence-electron chi connectivity index (χ0n) is 52.2. The van der Waals surface area contributed by atoms with Crippen molar-refractivity contribution in [2.75, 3.05) is 157 Å². The Morgan fingerprint density at radius 1 is 0.440 bits per heavy atom. The van der Waals surface area contributed by atoms with Gasteiger partial charge in [0.2, 0.25) is 10.7 Å². The van der Waals surface area contributed by atoms with Gasteiger partial charge in [-0.3, -0.25) is 0 Å². The first-order valence-corrected chi connectivity index (χ1v) is 34.5. The summed E-state index contributed by atoms with van der Waals surface area (Å²) in [5, 5.41) is 12.4. The van der Waals surface area contributed by atoms with Crippen LogP contribution in [-0.2, 0) is 17.3 Å². The van der Waals surface area contributed by atoms with E-state index in [1.165, 1.54) is 90.8 Å². The van der Waals surface area contributed by atoms with E-state index in [0.29, 0.717) is 43.2 Å². The van der Waals surface area contributed by atoms with Gasteiger partial charge in [0.05, 0.1) is 11.4 Å². The van der Waals surface area contributed by atoms with Crippen LogP contribution in [-0.4, -0.2) is 189 Å². The Kier molecular flexibility index (Phi) is 31.6. The van der Waals surface area contributed by atoms with Crippen molar-refractivity contribution < 1.29 is 34.9 Å². The molecule has 4 aliphatic rings. The summed E-state index contributed by atoms with van der Waals surface area (Å²) >= 11 is 20.7. The summed E-state index contributed by atoms with van der Waals surface area (Å²) < 4.78 is 55.4. The normalized spacial score (nSPS) is 15.2. The number of nitrogens with one attached hydrogen (secondary N) is 1. The van der Waals surface area contributed by atoms with Crippen molar-refractivity contribution in [1.82, 2.24) is 69.1 Å². The summed E-state index contributed by atoms with van der Waals surface area (Å²) in [4.78, 5) is 41.1. The number of pyridine rings is 4. The molecule has 6 aromatic heterocycles. The molecule has 8 aromatic rings. The van der Waals surface area contributed by atoms with Crippen LogP contribution in [0.1, 0.15) is 30.7 Å². The Labute approximate surface area is 568 Å². The molecule has 488 valence electrons. The van der Waals surface area contributed by atoms with Gasteiger partial charge in [0.1, 0.15) is 68.8 Å². The molecule has 12 rings (SSSR count). The molecule has 0 spiro atoms. The number of piperazine rings is 3. The first kappa shape index (κ1) is 75.5. The van der Waals surface area contributed by atoms with E-state index in [1.54, 1.807) is 6.07 Å². The summed E-state index contributed by atoms with van der Waals surface area (Å²) in [7, 11) is 13.3. The third kappa shape index (κ3) is 26.3. The molecule has 0 amide bonds. The second-order valence-corrected chi connectivity index (χ2v) is 23.3. The van der Waals surface area contributed by atoms with Crippen LogP contribution < -0.4 is 37.2 Å². The average molecular weight is 1460 g/mol. The summed E-state index contributed by atoms with van der Waals surface area (Å²) in [5.74, 6) is 0.511. The van der Waals surface area contributed by atoms with E-state index in [1.807, 2.05) is 44.2 Å². The second-order valence-electron chi connectivity index (χ2n) is 21.5. The van der Waals surface area contributed by atoms with E-state index in [0.717, 1.165) is 148 Å². The number of likely N-dealkylation sites (N-methyl/N-ethyl adjacent to an activating group) is 3. The molecule has 7 N–H and O–H groups in total. The predicted molar refractivity (Wildman–Crippen MR) is 361 cm³/mol. The van der Waals surface area contributed by atoms with E-state index < -0.39 is 23.3 Å². The summed E-state index contributed by atoms with van der Waals surface area (Å²) in [6.45, 7) is 18.7. The van der Waals surface area contributed by atoms with E-state index in [4.69, 9.17) is 61.7 Å². The van der Waals surface area contributed by atoms with Gasteiger partial charge in [-0.1, -0.05) is 41.2 Å². The van der Waals surface area contributed by atoms with Crippen molar-refractivity contribution in [3.8, 4) is 11.4 Å². The molecule has 0 bridgehead atoms. The van der Waals surface area contributed by atoms with Crippen molar-refractivity contribution in [2.45, 2.75) is 33.1 Å². The first-order valence-electron chi connectivity index (χ1n) is 28.7. The molecule has 4 saturated heterocycles. The molecule has 4 fully saturated rings. The Morgan fingerprint density at radius 2 is 0.802 bits per heavy atom. The van der Waals surface area contributed by atoms with Crippen LogP contribution in [0, 0.1) is 44.5 Å². The molecule has 10 heterocycles. The molecule has 2 aromatic carbocycles. The zero-order valence-corrected chi connectivity index (χ0v) is 59.8. The number of likely N-dealkylation sites (tertiary alicyclic amines) is 1. The molecular formula is C60H78BrCl4F4N21Zn. The average Bonchev–Trinajstić information content (AvgIpc) is 3.63. The van der Waals surface area contributed by atoms with Crippen LogP contribution in [0.25, 0.3) is 11.4 Å². The number of hydrogen-bond donors (Lipinski definition) is 4. The van der Waals surface area contributed by atoms with Crippen molar-refractivity contribution in [1.29, 1.82) is 0 Å². The zero-order chi connectivity index (χ0) is 65.4. The van der Waals surface area contributed by atoms with Crippen LogP contribution in [0.15, 0.2) is 102 Å². The minimum atomic E-state index is -0.665. The Morgan fingerprint density at radius 3 is 1.19 bits per heavy atom. The SMILES string of the molecule is CN1CCCCC1.CN1CCN(c2cc(N)cc(Cl)n2)CC1.Cc1cc(N)cc(N2CCN(C)CC2)n1.Cc1cc(Nc2ncn(-c3cc(F)cc(F)c3)n2)cc(N2CCN(C)CC2)n1.Fc1cc(F)cc(-n2cnc(Br)n2)c1.Nc1cc(Cl)nc(Cl)c1.[CH3-].[Cl][Zn+]. The molecule has 0 radical (unpaired) electrons. The van der Waals surface area contributed by atoms with E-state index in [-0.39, 0.29) is 13.1 Å². The summed E-state index contributed by atoms with van der Waals surface area (Å²) in [6.07, 6.45) is 7.04. The quantitative estimate of drug-likeness (QED) is 0.0504. The summed E-state index contributed by atoms with van der Waals surface area (Å²) in [5.41, 5.74) is 22.1. The van der Waals surface area contributed by atoms with Crippen molar-refractivity contribution in [3.05, 3.63) is 160 Å². The number of anilines is 8. The van der Waals surface area contributed by atoms with Gasteiger partial charge in [-0.15, -0.1) is 10.2 Å². The maximum atomic E-state index is 13.4. The number of piperidine rings is 1. The number of rotatable bonds is 7. The molecule has 0 aliphatic carbocycles. The number of aryl methyl sites for hydroxylation is 2. The molecule has 31 heteroatoms. The molecule has 91 heavy (non-hydrogen) atoms. The van der Waals surface area contributed by atoms with E-state index in [2.05, 4.69) is 124 Å². The van der Waals surface area contributed by atoms with Crippen molar-refractivity contribution in [3.63, 3.8) is 0 Å². The van der Waals surface area contributed by atoms with Gasteiger partial charge >= 0.3 is 27.0 Å². The van der Waals surface area contributed by atoms with Gasteiger partial charge in [0, 0.05) is 143 Å². The van der Waals surface area contributed by atoms with Crippen LogP contribution in [0.3, 0.4) is 0 Å². The number of nitrogens with zero attached hydrogens (tertiary/aromatic N) is 17. The fourth-order valence-corrected chi connectivity index (χ4v) is 10.3. The van der Waals surface area contributed by atoms with Gasteiger partial charge in [-0.25, -0.2) is 51.8 Å². The van der Waals surface area contributed by atoms with Gasteiger partial charge in [-0.05, 0) is 138 Å². The molecule has 0 saturated carbocycles. The predicted octanol–water partition coefficient (Wildman–Crippen LogP) is 11.1. The van der Waals surface area contributed by atoms with E-state index in [9.17, 15) is 17.6 Å². The van der Waals surface area contributed by atoms with E-state index >= 15 is 0 Å². The number of benzene rings is 2. The third-order valence-electron chi connectivity index (χ3n) is 14.0. The van der Waals surface area contributed by atoms with Crippen LogP contribution in [0.5, 0.6) is 0 Å². The Hall–Kier alpha value is -6.26. The van der Waals surface area contributed by atoms with Crippen LogP contribution >= 0.6 is 60.4 Å². The van der Waals surface area contributed by atoms with Crippen LogP contribution in [0.2, 0.25) is 15.5 Å². The summed E-state index contributed by atoms with van der Waals surface area (Å²) in [6, 6.07) is 20.7. The molecule has 21 nitrogen and oxygen atoms in total. The van der Waals surface area contributed by atoms with Gasteiger partial charge in [0.25, 0.3) is 0 Å². The fraction of sp³-hybridized carbons (Fsp3) is 0.383. The number of hydrogen-bond acceptors (Lipinski definition) is 19. The molecule has 0 atom stereocenters. The monoisotopic (exact) mass is 1450 g/mol. The number of halogens is 9. The number of aromatic nitrogens is 10. The standard InChI is InChI=1S/C19H21F2N7.C11H18N4.C10H15ClN4.C8H4BrF2N3.C6H13N.C5H4Cl2N2.CH3.ClH.Zn/c1-13-7-16(11-18(23-13)27-5-3-26(2)4-6-27)24-19-22-12-28(25-19)17-9-14(20)8-15(21)10-17;1-9-7-10(12)8-11(13-9)15-5-3-14(2)4-6-15;1-14-2-4-15(5-3-14)10-7-8(12)6-9(11)13-10;9-8-12-4-14(13-8)7-2-5(10)1-6(11)3-7;1-7-5-3-2-4-6-7;6-4-1-3(8)2-5(7)9-4;;;/h7-12H,3-6H2,1-2H3,(H,23,24,25);7-8H,3-6H2,1-2H3,(H2,12,13);6-7H,2-5H2,1H3,(H2,12,13);1-4H;2-6H2,1H3;1-2H,(H2,8,9);1H3;1H;/q;;;;;;-1;;+2/p-1. The fourth-order valence-electron chi connectivity index (χ4n) is 9.31. The first-order chi connectivity index (χ1) is 43.0. The Bertz CT molecular complexity index is 3290. The van der Waals surface area contributed by atoms with Crippen molar-refractivity contribution >= 4 is 107 Å². The molecule has 0 unspecified atom stereocenters. The maximum absolute atomic E-state index is 13.4. The number of nitrogens with two attached hydrogens (primary N) is 3. The number of nitrogen functional groups attached to an aromatic ring is 3. The van der Waals surface area contributed by atoms with Gasteiger partial charge < -0.3 is 64.2 Å². The molecular weight excluding hydrogens is 1380 g/mol. The third-order valence-corrected chi connectivity index (χ3v) is 14.9. The van der Waals surface area contributed by atoms with Gasteiger partial charge in [0.15, 0.2) is 0 Å². The van der Waals surface area contributed by atoms with Gasteiger partial charge in [-0.2, -0.15) is 4.98 Å². The minimum absolute atomic E-state index is 0. The van der Waals surface area contributed by atoms with Crippen LogP contribution in [0.4, 0.5) is 63.7 Å². The van der Waals surface area contributed by atoms with Crippen molar-refractivity contribution in [2.24, 2.45) is 0 Å². The second kappa shape index (κ2) is 38.1.